The van der Waals surface area contributed by atoms with Crippen LogP contribution in [0.5, 0.6) is 0 Å². The predicted molar refractivity (Wildman–Crippen MR) is 45.4 cm³/mol. The molecular weight excluding hydrogens is 136 g/mol. The number of nitrogens with one attached hydrogen (secondary N) is 1. The number of hydrogen-bond donors (Lipinski definition) is 1. The van der Waals surface area contributed by atoms with Crippen molar-refractivity contribution in [1.29, 1.82) is 0 Å². The minimum absolute atomic E-state index is 1.01. The molecule has 0 saturated heterocycles. The van der Waals surface area contributed by atoms with Gasteiger partial charge in [-0.25, -0.2) is 0 Å². The van der Waals surface area contributed by atoms with E-state index in [0.29, 0.717) is 0 Å². The van der Waals surface area contributed by atoms with E-state index in [-0.39, 0.29) is 0 Å². The Morgan fingerprint density at radius 2 is 2.55 bits per heavy atom. The van der Waals surface area contributed by atoms with Gasteiger partial charge in [0.05, 0.1) is 0 Å². The quantitative estimate of drug-likeness (QED) is 0.607. The highest BCUT2D eigenvalue weighted by Crippen LogP contribution is 2.21. The van der Waals surface area contributed by atoms with Crippen LogP contribution in [0.1, 0.15) is 13.3 Å². The lowest BCUT2D eigenvalue weighted by atomic mass is 10.3. The Morgan fingerprint density at radius 1 is 1.64 bits per heavy atom. The molecule has 0 aromatic rings. The maximum absolute atomic E-state index is 3.23. The van der Waals surface area contributed by atoms with Crippen LogP contribution in [-0.4, -0.2) is 11.4 Å². The SMILES string of the molecule is CCC1=CNC2=CC=CCN12. The Balaban J connectivity index is 2.23. The zero-order valence-corrected chi connectivity index (χ0v) is 6.67. The van der Waals surface area contributed by atoms with E-state index in [1.54, 1.807) is 0 Å². The van der Waals surface area contributed by atoms with Crippen LogP contribution in [0.2, 0.25) is 0 Å². The molecule has 0 aromatic carbocycles. The van der Waals surface area contributed by atoms with E-state index >= 15 is 0 Å². The van der Waals surface area contributed by atoms with Gasteiger partial charge in [-0.1, -0.05) is 19.1 Å². The van der Waals surface area contributed by atoms with Gasteiger partial charge in [-0.2, -0.15) is 0 Å². The first kappa shape index (κ1) is 6.53. The molecule has 0 fully saturated rings. The van der Waals surface area contributed by atoms with Crippen LogP contribution in [0, 0.1) is 0 Å². The number of hydrogen-bond acceptors (Lipinski definition) is 2. The molecule has 0 aromatic heterocycles. The van der Waals surface area contributed by atoms with Crippen LogP contribution in [0.15, 0.2) is 35.9 Å². The van der Waals surface area contributed by atoms with Crippen molar-refractivity contribution in [2.45, 2.75) is 13.3 Å². The van der Waals surface area contributed by atoms with E-state index in [0.717, 1.165) is 13.0 Å². The highest BCUT2D eigenvalue weighted by molar-refractivity contribution is 5.28. The Morgan fingerprint density at radius 3 is 3.36 bits per heavy atom. The fourth-order valence-electron chi connectivity index (χ4n) is 1.44. The first-order valence-electron chi connectivity index (χ1n) is 4.02. The molecular formula is C9H12N2. The highest BCUT2D eigenvalue weighted by atomic mass is 15.3. The van der Waals surface area contributed by atoms with Crippen LogP contribution >= 0.6 is 0 Å². The van der Waals surface area contributed by atoms with Crippen molar-refractivity contribution in [3.8, 4) is 0 Å². The molecule has 0 spiro atoms. The topological polar surface area (TPSA) is 15.3 Å². The molecule has 0 saturated carbocycles. The standard InChI is InChI=1S/C9H12N2/c1-2-8-7-10-9-5-3-4-6-11(8)9/h3-5,7,10H,2,6H2,1H3. The first-order valence-corrected chi connectivity index (χ1v) is 4.02. The van der Waals surface area contributed by atoms with Gasteiger partial charge in [0.1, 0.15) is 5.82 Å². The summed E-state index contributed by atoms with van der Waals surface area (Å²) in [6.07, 6.45) is 9.53. The smallest absolute Gasteiger partial charge is 0.110 e. The molecule has 11 heavy (non-hydrogen) atoms. The van der Waals surface area contributed by atoms with Gasteiger partial charge in [0, 0.05) is 18.4 Å². The summed E-state index contributed by atoms with van der Waals surface area (Å²) in [7, 11) is 0. The van der Waals surface area contributed by atoms with Gasteiger partial charge in [0.15, 0.2) is 0 Å². The lowest BCUT2D eigenvalue weighted by Gasteiger charge is -2.22. The van der Waals surface area contributed by atoms with E-state index in [9.17, 15) is 0 Å². The summed E-state index contributed by atoms with van der Waals surface area (Å²) in [5.74, 6) is 1.21. The lowest BCUT2D eigenvalue weighted by Crippen LogP contribution is -2.23. The number of fused-ring (bicyclic) bond motifs is 1. The van der Waals surface area contributed by atoms with E-state index < -0.39 is 0 Å². The van der Waals surface area contributed by atoms with Crippen LogP contribution in [0.25, 0.3) is 0 Å². The van der Waals surface area contributed by atoms with Crippen molar-refractivity contribution in [3.05, 3.63) is 35.9 Å². The summed E-state index contributed by atoms with van der Waals surface area (Å²) in [6.45, 7) is 3.19. The summed E-state index contributed by atoms with van der Waals surface area (Å²) in [4.78, 5) is 2.29. The van der Waals surface area contributed by atoms with E-state index in [4.69, 9.17) is 0 Å². The maximum atomic E-state index is 3.23. The molecule has 0 unspecified atom stereocenters. The third-order valence-corrected chi connectivity index (χ3v) is 2.06. The minimum Gasteiger partial charge on any atom is -0.346 e. The van der Waals surface area contributed by atoms with Gasteiger partial charge in [0.25, 0.3) is 0 Å². The number of allylic oxidation sites excluding steroid dienone is 3. The lowest BCUT2D eigenvalue weighted by molar-refractivity contribution is 0.462. The van der Waals surface area contributed by atoms with Gasteiger partial charge in [-0.05, 0) is 12.5 Å². The number of nitrogens with zero attached hydrogens (tertiary/aromatic N) is 1. The molecule has 2 rings (SSSR count). The molecule has 0 aliphatic carbocycles. The molecule has 2 nitrogen and oxygen atoms in total. The minimum atomic E-state index is 1.01. The van der Waals surface area contributed by atoms with Crippen molar-refractivity contribution < 1.29 is 0 Å². The largest absolute Gasteiger partial charge is 0.346 e. The predicted octanol–water partition coefficient (Wildman–Crippen LogP) is 1.55. The van der Waals surface area contributed by atoms with Crippen LogP contribution in [0.4, 0.5) is 0 Å². The van der Waals surface area contributed by atoms with Crippen LogP contribution < -0.4 is 5.32 Å². The van der Waals surface area contributed by atoms with Gasteiger partial charge in [0.2, 0.25) is 0 Å². The van der Waals surface area contributed by atoms with E-state index in [1.165, 1.54) is 11.5 Å². The molecule has 2 heteroatoms. The third-order valence-electron chi connectivity index (χ3n) is 2.06. The number of rotatable bonds is 1. The zero-order valence-electron chi connectivity index (χ0n) is 6.67. The summed E-state index contributed by atoms with van der Waals surface area (Å²) < 4.78 is 0. The molecule has 0 bridgehead atoms. The second kappa shape index (κ2) is 2.46. The highest BCUT2D eigenvalue weighted by Gasteiger charge is 2.17. The average molecular weight is 148 g/mol. The fraction of sp³-hybridized carbons (Fsp3) is 0.333. The summed E-state index contributed by atoms with van der Waals surface area (Å²) in [6, 6.07) is 0. The first-order chi connectivity index (χ1) is 5.42. The van der Waals surface area contributed by atoms with E-state index in [2.05, 4.69) is 41.6 Å². The molecule has 2 aliphatic heterocycles. The van der Waals surface area contributed by atoms with E-state index in [1.807, 2.05) is 0 Å². The zero-order chi connectivity index (χ0) is 7.68. The Labute approximate surface area is 66.9 Å². The summed E-state index contributed by atoms with van der Waals surface area (Å²) in [5, 5.41) is 3.23. The van der Waals surface area contributed by atoms with Crippen molar-refractivity contribution in [2.75, 3.05) is 6.54 Å². The third kappa shape index (κ3) is 0.946. The average Bonchev–Trinajstić information content (AvgIpc) is 2.47. The molecule has 0 atom stereocenters. The van der Waals surface area contributed by atoms with Gasteiger partial charge in [-0.15, -0.1) is 0 Å². The van der Waals surface area contributed by atoms with Crippen LogP contribution in [-0.2, 0) is 0 Å². The summed E-state index contributed by atoms with van der Waals surface area (Å²) >= 11 is 0. The van der Waals surface area contributed by atoms with Crippen molar-refractivity contribution >= 4 is 0 Å². The van der Waals surface area contributed by atoms with Gasteiger partial charge in [-0.3, -0.25) is 0 Å². The van der Waals surface area contributed by atoms with Crippen molar-refractivity contribution in [3.63, 3.8) is 0 Å². The molecule has 2 aliphatic rings. The van der Waals surface area contributed by atoms with Gasteiger partial charge >= 0.3 is 0 Å². The van der Waals surface area contributed by atoms with Crippen LogP contribution in [0.3, 0.4) is 0 Å². The Kier molecular flexibility index (Phi) is 1.46. The second-order valence-electron chi connectivity index (χ2n) is 2.72. The monoisotopic (exact) mass is 148 g/mol. The Hall–Kier alpha value is -1.18. The van der Waals surface area contributed by atoms with Crippen molar-refractivity contribution in [2.24, 2.45) is 0 Å². The molecule has 0 amide bonds. The summed E-state index contributed by atoms with van der Waals surface area (Å²) in [5.41, 5.74) is 1.38. The molecule has 0 radical (unpaired) electrons. The molecule has 1 N–H and O–H groups in total. The second-order valence-corrected chi connectivity index (χ2v) is 2.72. The fourth-order valence-corrected chi connectivity index (χ4v) is 1.44. The molecule has 2 heterocycles. The maximum Gasteiger partial charge on any atom is 0.110 e. The van der Waals surface area contributed by atoms with Crippen molar-refractivity contribution in [1.82, 2.24) is 10.2 Å². The molecule has 58 valence electrons. The Bertz CT molecular complexity index is 248. The van der Waals surface area contributed by atoms with Gasteiger partial charge < -0.3 is 10.2 Å². The normalized spacial score (nSPS) is 20.6.